The van der Waals surface area contributed by atoms with Gasteiger partial charge in [0.25, 0.3) is 5.89 Å². The van der Waals surface area contributed by atoms with Crippen molar-refractivity contribution in [2.75, 3.05) is 14.2 Å². The fourth-order valence-electron chi connectivity index (χ4n) is 2.02. The summed E-state index contributed by atoms with van der Waals surface area (Å²) in [5.74, 6) is 2.11. The number of oxime groups is 1. The van der Waals surface area contributed by atoms with Crippen molar-refractivity contribution in [1.82, 2.24) is 10.1 Å². The van der Waals surface area contributed by atoms with Crippen LogP contribution in [0.15, 0.2) is 45.4 Å². The number of para-hydroxylation sites is 1. The first-order valence-corrected chi connectivity index (χ1v) is 7.92. The molecule has 0 aliphatic rings. The van der Waals surface area contributed by atoms with Crippen molar-refractivity contribution >= 4 is 17.6 Å². The first kappa shape index (κ1) is 16.0. The topological polar surface area (TPSA) is 79.0 Å². The van der Waals surface area contributed by atoms with E-state index in [2.05, 4.69) is 15.3 Å². The van der Waals surface area contributed by atoms with Gasteiger partial charge in [0.1, 0.15) is 0 Å². The molecule has 0 saturated carbocycles. The highest BCUT2D eigenvalue weighted by atomic mass is 32.1. The highest BCUT2D eigenvalue weighted by Crippen LogP contribution is 2.29. The Morgan fingerprint density at radius 2 is 2.12 bits per heavy atom. The van der Waals surface area contributed by atoms with Gasteiger partial charge in [-0.25, -0.2) is 0 Å². The molecule has 2 aromatic heterocycles. The number of benzene rings is 1. The van der Waals surface area contributed by atoms with Crippen LogP contribution in [0.2, 0.25) is 0 Å². The zero-order valence-corrected chi connectivity index (χ0v) is 13.9. The zero-order chi connectivity index (χ0) is 16.8. The van der Waals surface area contributed by atoms with Gasteiger partial charge >= 0.3 is 0 Å². The second-order valence-electron chi connectivity index (χ2n) is 4.58. The second-order valence-corrected chi connectivity index (χ2v) is 5.53. The Hall–Kier alpha value is -2.87. The first-order chi connectivity index (χ1) is 11.8. The van der Waals surface area contributed by atoms with E-state index in [0.717, 1.165) is 10.4 Å². The number of ether oxygens (including phenoxy) is 2. The van der Waals surface area contributed by atoms with Crippen LogP contribution in [0.1, 0.15) is 11.5 Å². The maximum Gasteiger partial charge on any atom is 0.267 e. The Morgan fingerprint density at radius 3 is 2.88 bits per heavy atom. The van der Waals surface area contributed by atoms with E-state index in [1.165, 1.54) is 6.21 Å². The van der Waals surface area contributed by atoms with Crippen LogP contribution in [0.3, 0.4) is 0 Å². The standard InChI is InChI=1S/C16H15N3O4S/c1-20-12-6-3-5-11(15(12)21-2)9-17-22-10-14-18-16(19-23-14)13-7-4-8-24-13/h3-9H,10H2,1-2H3/b17-9-. The third-order valence-electron chi connectivity index (χ3n) is 3.10. The summed E-state index contributed by atoms with van der Waals surface area (Å²) in [4.78, 5) is 10.4. The van der Waals surface area contributed by atoms with E-state index in [-0.39, 0.29) is 6.61 Å². The smallest absolute Gasteiger partial charge is 0.267 e. The third kappa shape index (κ3) is 3.54. The molecule has 7 nitrogen and oxygen atoms in total. The number of methoxy groups -OCH3 is 2. The van der Waals surface area contributed by atoms with Crippen molar-refractivity contribution in [3.05, 3.63) is 47.2 Å². The Balaban J connectivity index is 1.62. The maximum absolute atomic E-state index is 5.32. The predicted molar refractivity (Wildman–Crippen MR) is 89.5 cm³/mol. The molecule has 0 unspecified atom stereocenters. The van der Waals surface area contributed by atoms with Crippen LogP contribution < -0.4 is 9.47 Å². The van der Waals surface area contributed by atoms with Crippen LogP contribution >= 0.6 is 11.3 Å². The van der Waals surface area contributed by atoms with Crippen molar-refractivity contribution in [1.29, 1.82) is 0 Å². The average molecular weight is 345 g/mol. The van der Waals surface area contributed by atoms with Gasteiger partial charge in [-0.1, -0.05) is 22.4 Å². The van der Waals surface area contributed by atoms with Crippen LogP contribution in [0.5, 0.6) is 11.5 Å². The van der Waals surface area contributed by atoms with E-state index < -0.39 is 0 Å². The number of nitrogens with zero attached hydrogens (tertiary/aromatic N) is 3. The zero-order valence-electron chi connectivity index (χ0n) is 13.1. The molecule has 3 rings (SSSR count). The van der Waals surface area contributed by atoms with E-state index >= 15 is 0 Å². The van der Waals surface area contributed by atoms with E-state index in [9.17, 15) is 0 Å². The summed E-state index contributed by atoms with van der Waals surface area (Å²) in [6, 6.07) is 9.34. The molecule has 0 aliphatic carbocycles. The lowest BCUT2D eigenvalue weighted by Crippen LogP contribution is -1.95. The third-order valence-corrected chi connectivity index (χ3v) is 3.96. The molecule has 0 radical (unpaired) electrons. The maximum atomic E-state index is 5.32. The molecule has 124 valence electrons. The van der Waals surface area contributed by atoms with Crippen molar-refractivity contribution < 1.29 is 18.8 Å². The van der Waals surface area contributed by atoms with Crippen molar-refractivity contribution in [2.45, 2.75) is 6.61 Å². The molecule has 2 heterocycles. The molecule has 0 atom stereocenters. The summed E-state index contributed by atoms with van der Waals surface area (Å²) in [6.45, 7) is 0.0845. The average Bonchev–Trinajstić information content (AvgIpc) is 3.29. The van der Waals surface area contributed by atoms with Crippen LogP contribution in [0.25, 0.3) is 10.7 Å². The quantitative estimate of drug-likeness (QED) is 0.482. The molecule has 0 fully saturated rings. The minimum Gasteiger partial charge on any atom is -0.493 e. The van der Waals surface area contributed by atoms with Crippen molar-refractivity contribution in [2.24, 2.45) is 5.16 Å². The lowest BCUT2D eigenvalue weighted by atomic mass is 10.2. The SMILES string of the molecule is COc1cccc(/C=N\OCc2nc(-c3cccs3)no2)c1OC. The molecule has 3 aromatic rings. The number of thiophene rings is 1. The molecule has 8 heteroatoms. The lowest BCUT2D eigenvalue weighted by molar-refractivity contribution is 0.107. The largest absolute Gasteiger partial charge is 0.493 e. The van der Waals surface area contributed by atoms with Crippen LogP contribution in [0.4, 0.5) is 0 Å². The molecule has 24 heavy (non-hydrogen) atoms. The molecule has 1 aromatic carbocycles. The summed E-state index contributed by atoms with van der Waals surface area (Å²) in [5.41, 5.74) is 0.738. The van der Waals surface area contributed by atoms with Gasteiger partial charge in [0.15, 0.2) is 18.1 Å². The fraction of sp³-hybridized carbons (Fsp3) is 0.188. The Bertz CT molecular complexity index is 815. The molecule has 0 aliphatic heterocycles. The normalized spacial score (nSPS) is 10.9. The van der Waals surface area contributed by atoms with Gasteiger partial charge in [0, 0.05) is 5.56 Å². The van der Waals surface area contributed by atoms with Gasteiger partial charge in [-0.15, -0.1) is 11.3 Å². The van der Waals surface area contributed by atoms with E-state index in [1.54, 1.807) is 25.6 Å². The summed E-state index contributed by atoms with van der Waals surface area (Å²) >= 11 is 1.54. The molecule has 0 N–H and O–H groups in total. The number of rotatable bonds is 7. The van der Waals surface area contributed by atoms with E-state index in [0.29, 0.717) is 23.2 Å². The van der Waals surface area contributed by atoms with Gasteiger partial charge in [-0.05, 0) is 23.6 Å². The van der Waals surface area contributed by atoms with Crippen LogP contribution in [0, 0.1) is 0 Å². The molecule has 0 spiro atoms. The van der Waals surface area contributed by atoms with Crippen LogP contribution in [-0.2, 0) is 11.4 Å². The molecule has 0 saturated heterocycles. The highest BCUT2D eigenvalue weighted by molar-refractivity contribution is 7.13. The molecular formula is C16H15N3O4S. The summed E-state index contributed by atoms with van der Waals surface area (Å²) < 4.78 is 15.7. The lowest BCUT2D eigenvalue weighted by Gasteiger charge is -2.09. The van der Waals surface area contributed by atoms with Crippen molar-refractivity contribution in [3.8, 4) is 22.2 Å². The molecule has 0 bridgehead atoms. The summed E-state index contributed by atoms with van der Waals surface area (Å²) in [6.07, 6.45) is 1.54. The van der Waals surface area contributed by atoms with Gasteiger partial charge in [0.2, 0.25) is 5.82 Å². The molecule has 0 amide bonds. The summed E-state index contributed by atoms with van der Waals surface area (Å²) in [7, 11) is 3.15. The van der Waals surface area contributed by atoms with Gasteiger partial charge in [0.05, 0.1) is 25.3 Å². The molecular weight excluding hydrogens is 330 g/mol. The predicted octanol–water partition coefficient (Wildman–Crippen LogP) is 3.37. The number of hydrogen-bond donors (Lipinski definition) is 0. The minimum atomic E-state index is 0.0845. The van der Waals surface area contributed by atoms with Crippen molar-refractivity contribution in [3.63, 3.8) is 0 Å². The Labute approximate surface area is 142 Å². The Kier molecular flexibility index (Phi) is 5.07. The number of hydrogen-bond acceptors (Lipinski definition) is 8. The first-order valence-electron chi connectivity index (χ1n) is 7.04. The van der Waals surface area contributed by atoms with Gasteiger partial charge < -0.3 is 18.8 Å². The monoisotopic (exact) mass is 345 g/mol. The number of aromatic nitrogens is 2. The Morgan fingerprint density at radius 1 is 1.21 bits per heavy atom. The summed E-state index contributed by atoms with van der Waals surface area (Å²) in [5, 5.41) is 9.76. The van der Waals surface area contributed by atoms with Gasteiger partial charge in [-0.2, -0.15) is 4.98 Å². The fourth-order valence-corrected chi connectivity index (χ4v) is 2.67. The highest BCUT2D eigenvalue weighted by Gasteiger charge is 2.10. The minimum absolute atomic E-state index is 0.0845. The van der Waals surface area contributed by atoms with Gasteiger partial charge in [-0.3, -0.25) is 0 Å². The van der Waals surface area contributed by atoms with Crippen LogP contribution in [-0.4, -0.2) is 30.6 Å². The van der Waals surface area contributed by atoms with E-state index in [1.807, 2.05) is 35.7 Å². The second kappa shape index (κ2) is 7.60. The van der Waals surface area contributed by atoms with E-state index in [4.69, 9.17) is 18.8 Å².